The van der Waals surface area contributed by atoms with Crippen LogP contribution in [0.5, 0.6) is 0 Å². The molecule has 2 rings (SSSR count). The number of nitrogens with two attached hydrogens (primary N) is 1. The van der Waals surface area contributed by atoms with Crippen molar-refractivity contribution in [1.29, 1.82) is 0 Å². The third-order valence-electron chi connectivity index (χ3n) is 2.52. The van der Waals surface area contributed by atoms with Crippen LogP contribution in [0.1, 0.15) is 11.1 Å². The summed E-state index contributed by atoms with van der Waals surface area (Å²) in [4.78, 5) is 11.0. The zero-order valence-electron chi connectivity index (χ0n) is 9.47. The largest absolute Gasteiger partial charge is 0.389 e. The van der Waals surface area contributed by atoms with Crippen LogP contribution in [0, 0.1) is 5.82 Å². The Hall–Kier alpha value is -2.01. The first-order valence-corrected chi connectivity index (χ1v) is 5.71. The van der Waals surface area contributed by atoms with Gasteiger partial charge in [0.05, 0.1) is 0 Å². The summed E-state index contributed by atoms with van der Waals surface area (Å²) in [5.74, 6) is -0.425. The minimum Gasteiger partial charge on any atom is -0.389 e. The lowest BCUT2D eigenvalue weighted by Crippen LogP contribution is -2.13. The molecule has 0 aliphatic rings. The predicted octanol–water partition coefficient (Wildman–Crippen LogP) is 1.67. The minimum absolute atomic E-state index is 0.0363. The molecule has 1 aromatic carbocycles. The summed E-state index contributed by atoms with van der Waals surface area (Å²) in [6.07, 6.45) is 3.35. The van der Waals surface area contributed by atoms with E-state index in [9.17, 15) is 9.18 Å². The van der Waals surface area contributed by atoms with E-state index in [0.717, 1.165) is 5.56 Å². The van der Waals surface area contributed by atoms with Gasteiger partial charge in [-0.2, -0.15) is 0 Å². The van der Waals surface area contributed by atoms with Crippen LogP contribution in [0.2, 0.25) is 0 Å². The minimum atomic E-state index is -0.425. The summed E-state index contributed by atoms with van der Waals surface area (Å²) < 4.78 is 15.2. The Morgan fingerprint density at radius 2 is 1.94 bits per heavy atom. The van der Waals surface area contributed by atoms with Gasteiger partial charge in [0, 0.05) is 36.6 Å². The van der Waals surface area contributed by atoms with E-state index in [0.29, 0.717) is 6.54 Å². The van der Waals surface area contributed by atoms with Crippen molar-refractivity contribution in [2.75, 3.05) is 0 Å². The first-order chi connectivity index (χ1) is 8.56. The Bertz CT molecular complexity index is 631. The Balaban J connectivity index is 2.29. The van der Waals surface area contributed by atoms with Crippen LogP contribution >= 0.6 is 12.2 Å². The number of nitrogens with zero attached hydrogens (tertiary/aromatic N) is 1. The number of thiocarbonyl (C=S) groups is 1. The van der Waals surface area contributed by atoms with Gasteiger partial charge in [-0.15, -0.1) is 0 Å². The molecule has 0 spiro atoms. The van der Waals surface area contributed by atoms with E-state index in [1.165, 1.54) is 18.2 Å². The standard InChI is InChI=1S/C13H11FN2OS/c14-12-2-1-9(7-11(12)13(15)18)8-16-5-3-10(17)4-6-16/h1-7H,8H2,(H2,15,18). The van der Waals surface area contributed by atoms with Gasteiger partial charge in [0.2, 0.25) is 0 Å². The molecule has 2 N–H and O–H groups in total. The van der Waals surface area contributed by atoms with Gasteiger partial charge in [-0.05, 0) is 17.7 Å². The molecule has 0 saturated heterocycles. The Morgan fingerprint density at radius 3 is 2.56 bits per heavy atom. The molecule has 5 heteroatoms. The van der Waals surface area contributed by atoms with Crippen LogP contribution in [-0.4, -0.2) is 9.56 Å². The summed E-state index contributed by atoms with van der Waals surface area (Å²) in [6, 6.07) is 7.56. The second-order valence-corrected chi connectivity index (χ2v) is 4.32. The average Bonchev–Trinajstić information content (AvgIpc) is 2.34. The van der Waals surface area contributed by atoms with Gasteiger partial charge < -0.3 is 10.3 Å². The molecule has 92 valence electrons. The Kier molecular flexibility index (Phi) is 3.53. The maximum atomic E-state index is 13.4. The molecule has 3 nitrogen and oxygen atoms in total. The second-order valence-electron chi connectivity index (χ2n) is 3.88. The van der Waals surface area contributed by atoms with Gasteiger partial charge in [-0.3, -0.25) is 4.79 Å². The summed E-state index contributed by atoms with van der Waals surface area (Å²) in [5, 5.41) is 0. The molecule has 0 amide bonds. The number of benzene rings is 1. The van der Waals surface area contributed by atoms with Crippen LogP contribution in [0.25, 0.3) is 0 Å². The van der Waals surface area contributed by atoms with Gasteiger partial charge in [-0.25, -0.2) is 4.39 Å². The Morgan fingerprint density at radius 1 is 1.28 bits per heavy atom. The number of hydrogen-bond acceptors (Lipinski definition) is 2. The molecule has 0 atom stereocenters. The molecule has 0 bridgehead atoms. The van der Waals surface area contributed by atoms with Crippen LogP contribution in [-0.2, 0) is 6.54 Å². The molecule has 0 aliphatic carbocycles. The van der Waals surface area contributed by atoms with Gasteiger partial charge in [0.1, 0.15) is 10.8 Å². The normalized spacial score (nSPS) is 10.3. The van der Waals surface area contributed by atoms with Crippen LogP contribution in [0.15, 0.2) is 47.5 Å². The lowest BCUT2D eigenvalue weighted by molar-refractivity contribution is 0.624. The van der Waals surface area contributed by atoms with Crippen molar-refractivity contribution in [3.63, 3.8) is 0 Å². The summed E-state index contributed by atoms with van der Waals surface area (Å²) in [6.45, 7) is 0.524. The van der Waals surface area contributed by atoms with E-state index in [2.05, 4.69) is 0 Å². The number of halogens is 1. The smallest absolute Gasteiger partial charge is 0.181 e. The molecule has 1 aromatic heterocycles. The van der Waals surface area contributed by atoms with E-state index in [-0.39, 0.29) is 16.0 Å². The molecule has 2 aromatic rings. The van der Waals surface area contributed by atoms with E-state index in [4.69, 9.17) is 18.0 Å². The first-order valence-electron chi connectivity index (χ1n) is 5.30. The lowest BCUT2D eigenvalue weighted by atomic mass is 10.1. The van der Waals surface area contributed by atoms with Gasteiger partial charge >= 0.3 is 0 Å². The van der Waals surface area contributed by atoms with E-state index in [1.807, 2.05) is 4.57 Å². The lowest BCUT2D eigenvalue weighted by Gasteiger charge is -2.08. The summed E-state index contributed by atoms with van der Waals surface area (Å²) in [5.41, 5.74) is 6.50. The monoisotopic (exact) mass is 262 g/mol. The molecule has 0 fully saturated rings. The molecule has 0 radical (unpaired) electrons. The highest BCUT2D eigenvalue weighted by molar-refractivity contribution is 7.80. The third-order valence-corrected chi connectivity index (χ3v) is 2.74. The molecule has 0 aliphatic heterocycles. The SMILES string of the molecule is NC(=S)c1cc(Cn2ccc(=O)cc2)ccc1F. The van der Waals surface area contributed by atoms with Crippen molar-refractivity contribution in [3.05, 3.63) is 69.9 Å². The van der Waals surface area contributed by atoms with E-state index >= 15 is 0 Å². The molecular weight excluding hydrogens is 251 g/mol. The van der Waals surface area contributed by atoms with Crippen molar-refractivity contribution >= 4 is 17.2 Å². The fourth-order valence-electron chi connectivity index (χ4n) is 1.62. The fourth-order valence-corrected chi connectivity index (χ4v) is 1.78. The first kappa shape index (κ1) is 12.4. The molecule has 0 saturated carbocycles. The molecule has 0 unspecified atom stereocenters. The topological polar surface area (TPSA) is 48.0 Å². The number of pyridine rings is 1. The van der Waals surface area contributed by atoms with Gasteiger partial charge in [-0.1, -0.05) is 18.3 Å². The molecular formula is C13H11FN2OS. The van der Waals surface area contributed by atoms with Crippen molar-refractivity contribution < 1.29 is 4.39 Å². The van der Waals surface area contributed by atoms with Crippen LogP contribution in [0.4, 0.5) is 4.39 Å². The van der Waals surface area contributed by atoms with Crippen molar-refractivity contribution in [1.82, 2.24) is 4.57 Å². The van der Waals surface area contributed by atoms with Crippen molar-refractivity contribution in [3.8, 4) is 0 Å². The highest BCUT2D eigenvalue weighted by Crippen LogP contribution is 2.11. The zero-order valence-corrected chi connectivity index (χ0v) is 10.3. The highest BCUT2D eigenvalue weighted by atomic mass is 32.1. The van der Waals surface area contributed by atoms with E-state index in [1.54, 1.807) is 24.5 Å². The quantitative estimate of drug-likeness (QED) is 0.856. The highest BCUT2D eigenvalue weighted by Gasteiger charge is 2.06. The molecule has 18 heavy (non-hydrogen) atoms. The third kappa shape index (κ3) is 2.81. The van der Waals surface area contributed by atoms with E-state index < -0.39 is 5.82 Å². The van der Waals surface area contributed by atoms with Crippen molar-refractivity contribution in [2.45, 2.75) is 6.54 Å². The van der Waals surface area contributed by atoms with Crippen LogP contribution < -0.4 is 11.2 Å². The maximum absolute atomic E-state index is 13.4. The molecule has 1 heterocycles. The number of hydrogen-bond donors (Lipinski definition) is 1. The second kappa shape index (κ2) is 5.10. The number of rotatable bonds is 3. The van der Waals surface area contributed by atoms with Crippen molar-refractivity contribution in [2.24, 2.45) is 5.73 Å². The fraction of sp³-hybridized carbons (Fsp3) is 0.0769. The average molecular weight is 262 g/mol. The van der Waals surface area contributed by atoms with Crippen LogP contribution in [0.3, 0.4) is 0 Å². The van der Waals surface area contributed by atoms with Gasteiger partial charge in [0.25, 0.3) is 0 Å². The predicted molar refractivity (Wildman–Crippen MR) is 72.1 cm³/mol. The number of aromatic nitrogens is 1. The maximum Gasteiger partial charge on any atom is 0.181 e. The summed E-state index contributed by atoms with van der Waals surface area (Å²) >= 11 is 4.78. The van der Waals surface area contributed by atoms with Gasteiger partial charge in [0.15, 0.2) is 5.43 Å². The zero-order chi connectivity index (χ0) is 13.1. The summed E-state index contributed by atoms with van der Waals surface area (Å²) in [7, 11) is 0. The Labute approximate surface area is 109 Å².